The van der Waals surface area contributed by atoms with Gasteiger partial charge in [0.1, 0.15) is 5.82 Å². The molecule has 20 heavy (non-hydrogen) atoms. The molecule has 1 heterocycles. The number of amides is 1. The number of anilines is 3. The molecule has 0 aliphatic heterocycles. The third kappa shape index (κ3) is 2.74. The topological polar surface area (TPSA) is 76.2 Å². The van der Waals surface area contributed by atoms with E-state index in [0.717, 1.165) is 11.4 Å². The number of carbonyl (C=O) groups excluding carboxylic acids is 1. The van der Waals surface area contributed by atoms with Crippen molar-refractivity contribution in [3.05, 3.63) is 35.5 Å². The number of hydrogen-bond acceptors (Lipinski definition) is 4. The van der Waals surface area contributed by atoms with Gasteiger partial charge in [0, 0.05) is 32.8 Å². The highest BCUT2D eigenvalue weighted by atomic mass is 16.1. The summed E-state index contributed by atoms with van der Waals surface area (Å²) in [5.74, 6) is 0.452. The summed E-state index contributed by atoms with van der Waals surface area (Å²) in [6.07, 6.45) is 0. The molecule has 0 aliphatic carbocycles. The van der Waals surface area contributed by atoms with Gasteiger partial charge in [-0.05, 0) is 25.1 Å². The third-order valence-electron chi connectivity index (χ3n) is 3.02. The van der Waals surface area contributed by atoms with E-state index in [1.807, 2.05) is 38.1 Å². The Labute approximate surface area is 118 Å². The molecule has 0 aliphatic rings. The number of rotatable bonds is 3. The minimum atomic E-state index is -0.204. The smallest absolute Gasteiger partial charge is 0.256 e. The lowest BCUT2D eigenvalue weighted by Crippen LogP contribution is -2.16. The predicted molar refractivity (Wildman–Crippen MR) is 81.1 cm³/mol. The SMILES string of the molecule is Cc1cc(NC(=O)c2ccc(N(C)C)c(N)c2)n(C)n1. The number of nitrogens with one attached hydrogen (secondary N) is 1. The van der Waals surface area contributed by atoms with Crippen LogP contribution in [-0.2, 0) is 7.05 Å². The van der Waals surface area contributed by atoms with Gasteiger partial charge in [0.15, 0.2) is 0 Å². The standard InChI is InChI=1S/C14H19N5O/c1-9-7-13(19(4)17-9)16-14(20)10-5-6-12(18(2)3)11(15)8-10/h5-8H,15H2,1-4H3,(H,16,20). The van der Waals surface area contributed by atoms with Crippen molar-refractivity contribution >= 4 is 23.1 Å². The summed E-state index contributed by atoms with van der Waals surface area (Å²) >= 11 is 0. The van der Waals surface area contributed by atoms with Crippen LogP contribution in [0.25, 0.3) is 0 Å². The molecule has 2 rings (SSSR count). The van der Waals surface area contributed by atoms with Crippen LogP contribution in [0.1, 0.15) is 16.1 Å². The van der Waals surface area contributed by atoms with Crippen molar-refractivity contribution in [2.75, 3.05) is 30.0 Å². The van der Waals surface area contributed by atoms with Gasteiger partial charge < -0.3 is 16.0 Å². The van der Waals surface area contributed by atoms with Gasteiger partial charge in [-0.15, -0.1) is 0 Å². The number of nitrogens with two attached hydrogens (primary N) is 1. The molecule has 0 bridgehead atoms. The molecule has 0 fully saturated rings. The van der Waals surface area contributed by atoms with Crippen LogP contribution in [0.2, 0.25) is 0 Å². The highest BCUT2D eigenvalue weighted by Crippen LogP contribution is 2.22. The largest absolute Gasteiger partial charge is 0.397 e. The zero-order valence-corrected chi connectivity index (χ0v) is 12.1. The van der Waals surface area contributed by atoms with Gasteiger partial charge in [-0.3, -0.25) is 9.48 Å². The predicted octanol–water partition coefficient (Wildman–Crippen LogP) is 1.63. The van der Waals surface area contributed by atoms with Crippen molar-refractivity contribution in [3.8, 4) is 0 Å². The minimum absolute atomic E-state index is 0.204. The first kappa shape index (κ1) is 13.9. The summed E-state index contributed by atoms with van der Waals surface area (Å²) in [5, 5.41) is 7.00. The van der Waals surface area contributed by atoms with Gasteiger partial charge in [0.25, 0.3) is 5.91 Å². The van der Waals surface area contributed by atoms with Crippen LogP contribution in [0.4, 0.5) is 17.2 Å². The van der Waals surface area contributed by atoms with E-state index in [0.29, 0.717) is 17.1 Å². The average molecular weight is 273 g/mol. The van der Waals surface area contributed by atoms with E-state index < -0.39 is 0 Å². The Hall–Kier alpha value is -2.50. The zero-order valence-electron chi connectivity index (χ0n) is 12.1. The molecule has 6 nitrogen and oxygen atoms in total. The Bertz CT molecular complexity index is 645. The fourth-order valence-corrected chi connectivity index (χ4v) is 2.02. The third-order valence-corrected chi connectivity index (χ3v) is 3.02. The van der Waals surface area contributed by atoms with Gasteiger partial charge in [-0.1, -0.05) is 0 Å². The summed E-state index contributed by atoms with van der Waals surface area (Å²) < 4.78 is 1.63. The number of carbonyl (C=O) groups is 1. The molecule has 0 unspecified atom stereocenters. The van der Waals surface area contributed by atoms with Crippen LogP contribution in [0, 0.1) is 6.92 Å². The van der Waals surface area contributed by atoms with Gasteiger partial charge in [0.2, 0.25) is 0 Å². The second kappa shape index (κ2) is 5.24. The molecule has 1 aromatic heterocycles. The quantitative estimate of drug-likeness (QED) is 0.833. The minimum Gasteiger partial charge on any atom is -0.397 e. The average Bonchev–Trinajstić information content (AvgIpc) is 2.67. The summed E-state index contributed by atoms with van der Waals surface area (Å²) in [7, 11) is 5.60. The number of aromatic nitrogens is 2. The van der Waals surface area contributed by atoms with E-state index in [9.17, 15) is 4.79 Å². The lowest BCUT2D eigenvalue weighted by molar-refractivity contribution is 0.102. The summed E-state index contributed by atoms with van der Waals surface area (Å²) in [6.45, 7) is 1.87. The molecule has 1 amide bonds. The summed E-state index contributed by atoms with van der Waals surface area (Å²) in [5.41, 5.74) is 8.78. The van der Waals surface area contributed by atoms with Crippen molar-refractivity contribution in [2.24, 2.45) is 7.05 Å². The number of benzene rings is 1. The van der Waals surface area contributed by atoms with E-state index in [2.05, 4.69) is 10.4 Å². The Kier molecular flexibility index (Phi) is 3.65. The molecule has 0 saturated carbocycles. The molecule has 6 heteroatoms. The lowest BCUT2D eigenvalue weighted by Gasteiger charge is -2.15. The maximum absolute atomic E-state index is 12.2. The molecule has 0 saturated heterocycles. The molecule has 0 spiro atoms. The maximum atomic E-state index is 12.2. The summed E-state index contributed by atoms with van der Waals surface area (Å²) in [4.78, 5) is 14.1. The summed E-state index contributed by atoms with van der Waals surface area (Å²) in [6, 6.07) is 7.08. The fraction of sp³-hybridized carbons (Fsp3) is 0.286. The van der Waals surface area contributed by atoms with Crippen LogP contribution < -0.4 is 16.0 Å². The molecular formula is C14H19N5O. The molecule has 1 aromatic carbocycles. The van der Waals surface area contributed by atoms with E-state index in [-0.39, 0.29) is 5.91 Å². The van der Waals surface area contributed by atoms with Gasteiger partial charge >= 0.3 is 0 Å². The normalized spacial score (nSPS) is 10.4. The monoisotopic (exact) mass is 273 g/mol. The van der Waals surface area contributed by atoms with Gasteiger partial charge in [-0.2, -0.15) is 5.10 Å². The Balaban J connectivity index is 2.22. The Morgan fingerprint density at radius 2 is 2.05 bits per heavy atom. The fourth-order valence-electron chi connectivity index (χ4n) is 2.02. The number of nitrogen functional groups attached to an aromatic ring is 1. The Morgan fingerprint density at radius 1 is 1.35 bits per heavy atom. The van der Waals surface area contributed by atoms with Crippen molar-refractivity contribution < 1.29 is 4.79 Å². The lowest BCUT2D eigenvalue weighted by atomic mass is 10.1. The van der Waals surface area contributed by atoms with Crippen LogP contribution >= 0.6 is 0 Å². The van der Waals surface area contributed by atoms with Crippen molar-refractivity contribution in [3.63, 3.8) is 0 Å². The number of nitrogens with zero attached hydrogens (tertiary/aromatic N) is 3. The first-order chi connectivity index (χ1) is 9.38. The van der Waals surface area contributed by atoms with Crippen LogP contribution in [-0.4, -0.2) is 29.8 Å². The van der Waals surface area contributed by atoms with Gasteiger partial charge in [0.05, 0.1) is 17.1 Å². The molecule has 106 valence electrons. The van der Waals surface area contributed by atoms with Crippen molar-refractivity contribution in [1.82, 2.24) is 9.78 Å². The van der Waals surface area contributed by atoms with Crippen LogP contribution in [0.5, 0.6) is 0 Å². The van der Waals surface area contributed by atoms with Crippen LogP contribution in [0.3, 0.4) is 0 Å². The maximum Gasteiger partial charge on any atom is 0.256 e. The highest BCUT2D eigenvalue weighted by Gasteiger charge is 2.11. The van der Waals surface area contributed by atoms with E-state index in [4.69, 9.17) is 5.73 Å². The molecule has 2 aromatic rings. The molecule has 3 N–H and O–H groups in total. The van der Waals surface area contributed by atoms with Crippen LogP contribution in [0.15, 0.2) is 24.3 Å². The van der Waals surface area contributed by atoms with E-state index in [1.165, 1.54) is 0 Å². The Morgan fingerprint density at radius 3 is 2.55 bits per heavy atom. The van der Waals surface area contributed by atoms with E-state index >= 15 is 0 Å². The number of aryl methyl sites for hydroxylation is 2. The first-order valence-corrected chi connectivity index (χ1v) is 6.27. The second-order valence-corrected chi connectivity index (χ2v) is 4.92. The zero-order chi connectivity index (χ0) is 14.9. The molecular weight excluding hydrogens is 254 g/mol. The molecule has 0 atom stereocenters. The van der Waals surface area contributed by atoms with Gasteiger partial charge in [-0.25, -0.2) is 0 Å². The van der Waals surface area contributed by atoms with Crippen molar-refractivity contribution in [2.45, 2.75) is 6.92 Å². The highest BCUT2D eigenvalue weighted by molar-refractivity contribution is 6.04. The number of hydrogen-bond donors (Lipinski definition) is 2. The first-order valence-electron chi connectivity index (χ1n) is 6.27. The molecule has 0 radical (unpaired) electrons. The second-order valence-electron chi connectivity index (χ2n) is 4.92. The van der Waals surface area contributed by atoms with E-state index in [1.54, 1.807) is 23.9 Å². The van der Waals surface area contributed by atoms with Crippen molar-refractivity contribution in [1.29, 1.82) is 0 Å².